The number of ether oxygens (including phenoxy) is 2. The van der Waals surface area contributed by atoms with E-state index in [1.807, 2.05) is 13.8 Å². The number of nitrogens with zero attached hydrogens (tertiary/aromatic N) is 1. The van der Waals surface area contributed by atoms with Gasteiger partial charge < -0.3 is 19.5 Å². The summed E-state index contributed by atoms with van der Waals surface area (Å²) >= 11 is 5.94. The first-order valence-electron chi connectivity index (χ1n) is 9.54. The van der Waals surface area contributed by atoms with E-state index in [0.29, 0.717) is 34.2 Å². The predicted molar refractivity (Wildman–Crippen MR) is 115 cm³/mol. The van der Waals surface area contributed by atoms with Gasteiger partial charge in [0.1, 0.15) is 5.76 Å². The molecule has 30 heavy (non-hydrogen) atoms. The van der Waals surface area contributed by atoms with E-state index in [1.54, 1.807) is 42.5 Å². The van der Waals surface area contributed by atoms with Gasteiger partial charge in [0, 0.05) is 17.1 Å². The molecule has 7 heteroatoms. The fraction of sp³-hybridized carbons (Fsp3) is 0.304. The molecule has 1 amide bonds. The molecule has 2 aromatic rings. The van der Waals surface area contributed by atoms with Gasteiger partial charge in [0.25, 0.3) is 11.7 Å². The highest BCUT2D eigenvalue weighted by atomic mass is 35.5. The molecule has 1 aliphatic rings. The van der Waals surface area contributed by atoms with E-state index in [2.05, 4.69) is 0 Å². The van der Waals surface area contributed by atoms with Crippen LogP contribution in [0.25, 0.3) is 5.76 Å². The van der Waals surface area contributed by atoms with E-state index in [1.165, 1.54) is 19.1 Å². The van der Waals surface area contributed by atoms with Gasteiger partial charge in [0.15, 0.2) is 11.5 Å². The lowest BCUT2D eigenvalue weighted by Gasteiger charge is -2.27. The Labute approximate surface area is 180 Å². The quantitative estimate of drug-likeness (QED) is 0.417. The van der Waals surface area contributed by atoms with Crippen molar-refractivity contribution in [3.05, 3.63) is 64.2 Å². The normalized spacial score (nSPS) is 18.2. The zero-order chi connectivity index (χ0) is 22.0. The highest BCUT2D eigenvalue weighted by molar-refractivity contribution is 6.46. The molecular weight excluding hydrogens is 406 g/mol. The summed E-state index contributed by atoms with van der Waals surface area (Å²) in [7, 11) is 3.04. The number of hydrogen-bond donors (Lipinski definition) is 1. The van der Waals surface area contributed by atoms with Crippen LogP contribution in [0.5, 0.6) is 11.5 Å². The molecule has 1 heterocycles. The third-order valence-corrected chi connectivity index (χ3v) is 5.19. The molecule has 1 aliphatic heterocycles. The van der Waals surface area contributed by atoms with E-state index in [-0.39, 0.29) is 17.3 Å². The second-order valence-corrected chi connectivity index (χ2v) is 7.90. The minimum absolute atomic E-state index is 0.0372. The largest absolute Gasteiger partial charge is 0.507 e. The van der Waals surface area contributed by atoms with Crippen LogP contribution < -0.4 is 9.47 Å². The van der Waals surface area contributed by atoms with Crippen molar-refractivity contribution < 1.29 is 24.2 Å². The molecule has 1 unspecified atom stereocenters. The van der Waals surface area contributed by atoms with E-state index >= 15 is 0 Å². The van der Waals surface area contributed by atoms with Crippen LogP contribution in [-0.4, -0.2) is 42.5 Å². The first kappa shape index (κ1) is 21.7. The van der Waals surface area contributed by atoms with Gasteiger partial charge in [-0.15, -0.1) is 0 Å². The molecule has 0 spiro atoms. The Morgan fingerprint density at radius 2 is 1.70 bits per heavy atom. The van der Waals surface area contributed by atoms with Crippen molar-refractivity contribution in [3.63, 3.8) is 0 Å². The smallest absolute Gasteiger partial charge is 0.295 e. The van der Waals surface area contributed by atoms with Crippen LogP contribution in [0.1, 0.15) is 31.0 Å². The monoisotopic (exact) mass is 429 g/mol. The van der Waals surface area contributed by atoms with Crippen LogP contribution in [0.2, 0.25) is 5.02 Å². The number of carbonyl (C=O) groups is 2. The first-order valence-corrected chi connectivity index (χ1v) is 9.92. The number of benzene rings is 2. The number of methoxy groups -OCH3 is 2. The lowest BCUT2D eigenvalue weighted by Crippen LogP contribution is -2.33. The Balaban J connectivity index is 2.21. The third kappa shape index (κ3) is 4.00. The highest BCUT2D eigenvalue weighted by Gasteiger charge is 2.46. The van der Waals surface area contributed by atoms with E-state index in [4.69, 9.17) is 21.1 Å². The number of amides is 1. The Morgan fingerprint density at radius 1 is 1.07 bits per heavy atom. The summed E-state index contributed by atoms with van der Waals surface area (Å²) in [5.41, 5.74) is 1.09. The molecule has 2 aromatic carbocycles. The number of aliphatic hydroxyl groups is 1. The number of hydrogen-bond acceptors (Lipinski definition) is 5. The molecule has 3 rings (SSSR count). The molecule has 0 aliphatic carbocycles. The Morgan fingerprint density at radius 3 is 2.27 bits per heavy atom. The van der Waals surface area contributed by atoms with E-state index in [0.717, 1.165) is 0 Å². The number of aliphatic hydroxyl groups excluding tert-OH is 1. The van der Waals surface area contributed by atoms with Crippen molar-refractivity contribution in [3.8, 4) is 11.5 Å². The van der Waals surface area contributed by atoms with Crippen molar-refractivity contribution in [1.82, 2.24) is 4.90 Å². The molecule has 1 saturated heterocycles. The summed E-state index contributed by atoms with van der Waals surface area (Å²) in [6.07, 6.45) is 0. The maximum Gasteiger partial charge on any atom is 0.295 e. The lowest BCUT2D eigenvalue weighted by atomic mass is 9.94. The van der Waals surface area contributed by atoms with Gasteiger partial charge >= 0.3 is 0 Å². The van der Waals surface area contributed by atoms with Crippen LogP contribution in [-0.2, 0) is 9.59 Å². The van der Waals surface area contributed by atoms with Crippen molar-refractivity contribution in [2.24, 2.45) is 5.92 Å². The fourth-order valence-corrected chi connectivity index (χ4v) is 3.72. The molecule has 0 radical (unpaired) electrons. The minimum atomic E-state index is -0.747. The molecular formula is C23H24ClNO5. The number of ketones is 1. The molecule has 158 valence electrons. The van der Waals surface area contributed by atoms with Crippen LogP contribution >= 0.6 is 11.6 Å². The predicted octanol–water partition coefficient (Wildman–Crippen LogP) is 4.43. The van der Waals surface area contributed by atoms with Gasteiger partial charge in [-0.3, -0.25) is 9.59 Å². The molecule has 1 N–H and O–H groups in total. The molecule has 1 fully saturated rings. The lowest BCUT2D eigenvalue weighted by molar-refractivity contribution is -0.140. The zero-order valence-corrected chi connectivity index (χ0v) is 18.1. The SMILES string of the molecule is COc1ccc(C2C(=C(O)c3ccc(Cl)cc3)C(=O)C(=O)N2CC(C)C)cc1OC. The average molecular weight is 430 g/mol. The second kappa shape index (κ2) is 8.79. The van der Waals surface area contributed by atoms with Crippen molar-refractivity contribution in [1.29, 1.82) is 0 Å². The average Bonchev–Trinajstić information content (AvgIpc) is 2.97. The number of rotatable bonds is 6. The van der Waals surface area contributed by atoms with Gasteiger partial charge in [-0.1, -0.05) is 31.5 Å². The van der Waals surface area contributed by atoms with E-state index in [9.17, 15) is 14.7 Å². The van der Waals surface area contributed by atoms with Gasteiger partial charge in [-0.25, -0.2) is 0 Å². The summed E-state index contributed by atoms with van der Waals surface area (Å²) < 4.78 is 10.7. The van der Waals surface area contributed by atoms with Crippen molar-refractivity contribution in [2.75, 3.05) is 20.8 Å². The maximum absolute atomic E-state index is 12.9. The molecule has 6 nitrogen and oxygen atoms in total. The number of likely N-dealkylation sites (tertiary alicyclic amines) is 1. The summed E-state index contributed by atoms with van der Waals surface area (Å²) in [5.74, 6) is -0.476. The van der Waals surface area contributed by atoms with Crippen molar-refractivity contribution in [2.45, 2.75) is 19.9 Å². The van der Waals surface area contributed by atoms with Gasteiger partial charge in [-0.2, -0.15) is 0 Å². The van der Waals surface area contributed by atoms with E-state index < -0.39 is 17.7 Å². The summed E-state index contributed by atoms with van der Waals surface area (Å²) in [6.45, 7) is 4.29. The molecule has 0 bridgehead atoms. The topological polar surface area (TPSA) is 76.1 Å². The Bertz CT molecular complexity index is 997. The van der Waals surface area contributed by atoms with Crippen LogP contribution in [0.3, 0.4) is 0 Å². The zero-order valence-electron chi connectivity index (χ0n) is 17.3. The standard InChI is InChI=1S/C23H24ClNO5/c1-13(2)12-25-20(15-7-10-17(29-3)18(11-15)30-4)19(22(27)23(25)28)21(26)14-5-8-16(24)9-6-14/h5-11,13,20,26H,12H2,1-4H3. The minimum Gasteiger partial charge on any atom is -0.507 e. The Kier molecular flexibility index (Phi) is 6.37. The molecule has 0 saturated carbocycles. The summed E-state index contributed by atoms with van der Waals surface area (Å²) in [6, 6.07) is 10.9. The maximum atomic E-state index is 12.9. The molecule has 1 atom stereocenters. The number of carbonyl (C=O) groups excluding carboxylic acids is 2. The Hall–Kier alpha value is -2.99. The van der Waals surface area contributed by atoms with Crippen LogP contribution in [0.4, 0.5) is 0 Å². The first-order chi connectivity index (χ1) is 14.3. The van der Waals surface area contributed by atoms with Crippen LogP contribution in [0.15, 0.2) is 48.0 Å². The van der Waals surface area contributed by atoms with Crippen LogP contribution in [0, 0.1) is 5.92 Å². The summed E-state index contributed by atoms with van der Waals surface area (Å²) in [5, 5.41) is 11.5. The van der Waals surface area contributed by atoms with Gasteiger partial charge in [0.2, 0.25) is 0 Å². The second-order valence-electron chi connectivity index (χ2n) is 7.47. The van der Waals surface area contributed by atoms with Gasteiger partial charge in [0.05, 0.1) is 25.8 Å². The number of Topliss-reactive ketones (excluding diaryl/α,β-unsaturated/α-hetero) is 1. The number of halogens is 1. The van der Waals surface area contributed by atoms with Crippen molar-refractivity contribution >= 4 is 29.1 Å². The summed E-state index contributed by atoms with van der Waals surface area (Å²) in [4.78, 5) is 27.3. The fourth-order valence-electron chi connectivity index (χ4n) is 3.59. The van der Waals surface area contributed by atoms with Gasteiger partial charge in [-0.05, 0) is 47.9 Å². The third-order valence-electron chi connectivity index (χ3n) is 4.94. The highest BCUT2D eigenvalue weighted by Crippen LogP contribution is 2.42. The molecule has 0 aromatic heterocycles.